The minimum Gasteiger partial charge on any atom is -0.340 e. The summed E-state index contributed by atoms with van der Waals surface area (Å²) in [4.78, 5) is 33.2. The SMILES string of the molecule is Cc1cccc2c(=O)n(CCC(=O)N3CCN(C)CC3)cnc12. The zero-order valence-corrected chi connectivity index (χ0v) is 13.7. The second-order valence-electron chi connectivity index (χ2n) is 6.15. The Hall–Kier alpha value is -2.21. The van der Waals surface area contributed by atoms with Gasteiger partial charge in [0, 0.05) is 39.1 Å². The number of aromatic nitrogens is 2. The van der Waals surface area contributed by atoms with Gasteiger partial charge in [-0.3, -0.25) is 14.2 Å². The van der Waals surface area contributed by atoms with Crippen LogP contribution in [0.2, 0.25) is 0 Å². The van der Waals surface area contributed by atoms with Gasteiger partial charge in [0.1, 0.15) is 0 Å². The van der Waals surface area contributed by atoms with Crippen molar-refractivity contribution in [1.82, 2.24) is 19.4 Å². The Labute approximate surface area is 135 Å². The number of likely N-dealkylation sites (N-methyl/N-ethyl adjacent to an activating group) is 1. The number of rotatable bonds is 3. The van der Waals surface area contributed by atoms with Crippen molar-refractivity contribution in [2.75, 3.05) is 33.2 Å². The molecule has 1 amide bonds. The van der Waals surface area contributed by atoms with E-state index in [1.165, 1.54) is 4.57 Å². The second-order valence-corrected chi connectivity index (χ2v) is 6.15. The summed E-state index contributed by atoms with van der Waals surface area (Å²) in [6.45, 7) is 5.65. The van der Waals surface area contributed by atoms with Gasteiger partial charge in [-0.1, -0.05) is 12.1 Å². The molecule has 1 aromatic heterocycles. The van der Waals surface area contributed by atoms with Crippen molar-refractivity contribution < 1.29 is 4.79 Å². The van der Waals surface area contributed by atoms with Gasteiger partial charge in [-0.25, -0.2) is 4.98 Å². The maximum absolute atomic E-state index is 12.5. The maximum atomic E-state index is 12.5. The number of amides is 1. The zero-order valence-electron chi connectivity index (χ0n) is 13.7. The summed E-state index contributed by atoms with van der Waals surface area (Å²) in [5.74, 6) is 0.106. The molecule has 6 heteroatoms. The number of nitrogens with zero attached hydrogens (tertiary/aromatic N) is 4. The van der Waals surface area contributed by atoms with E-state index < -0.39 is 0 Å². The molecule has 1 aliphatic rings. The first-order valence-electron chi connectivity index (χ1n) is 7.97. The number of carbonyl (C=O) groups is 1. The summed E-state index contributed by atoms with van der Waals surface area (Å²) in [6, 6.07) is 5.59. The summed E-state index contributed by atoms with van der Waals surface area (Å²) in [5, 5.41) is 0.611. The van der Waals surface area contributed by atoms with Gasteiger partial charge in [-0.15, -0.1) is 0 Å². The first kappa shape index (κ1) is 15.7. The lowest BCUT2D eigenvalue weighted by Crippen LogP contribution is -2.47. The third-order valence-corrected chi connectivity index (χ3v) is 4.48. The van der Waals surface area contributed by atoms with Crippen LogP contribution in [-0.4, -0.2) is 58.5 Å². The number of para-hydroxylation sites is 1. The molecular formula is C17H22N4O2. The number of aryl methyl sites for hydroxylation is 2. The highest BCUT2D eigenvalue weighted by Gasteiger charge is 2.18. The highest BCUT2D eigenvalue weighted by Crippen LogP contribution is 2.11. The lowest BCUT2D eigenvalue weighted by Gasteiger charge is -2.32. The van der Waals surface area contributed by atoms with Crippen LogP contribution in [0.3, 0.4) is 0 Å². The Morgan fingerprint density at radius 1 is 1.22 bits per heavy atom. The average molecular weight is 314 g/mol. The number of piperazine rings is 1. The van der Waals surface area contributed by atoms with Gasteiger partial charge < -0.3 is 9.80 Å². The first-order valence-corrected chi connectivity index (χ1v) is 7.97. The van der Waals surface area contributed by atoms with Crippen molar-refractivity contribution in [3.63, 3.8) is 0 Å². The fourth-order valence-electron chi connectivity index (χ4n) is 2.93. The molecule has 1 saturated heterocycles. The predicted octanol–water partition coefficient (Wildman–Crippen LogP) is 0.869. The molecule has 0 N–H and O–H groups in total. The standard InChI is InChI=1S/C17H22N4O2/c1-13-4-3-5-14-16(13)18-12-21(17(14)23)7-6-15(22)20-10-8-19(2)9-11-20/h3-5,12H,6-11H2,1-2H3. The van der Waals surface area contributed by atoms with Crippen LogP contribution in [0.15, 0.2) is 29.3 Å². The molecule has 0 unspecified atom stereocenters. The minimum absolute atomic E-state index is 0.0788. The molecule has 0 radical (unpaired) electrons. The summed E-state index contributed by atoms with van der Waals surface area (Å²) in [6.07, 6.45) is 1.89. The average Bonchev–Trinajstić information content (AvgIpc) is 2.55. The molecule has 0 aliphatic carbocycles. The Bertz CT molecular complexity index is 776. The van der Waals surface area contributed by atoms with Crippen molar-refractivity contribution in [2.45, 2.75) is 19.9 Å². The van der Waals surface area contributed by atoms with E-state index in [2.05, 4.69) is 16.9 Å². The number of fused-ring (bicyclic) bond motifs is 1. The van der Waals surface area contributed by atoms with Gasteiger partial charge in [0.2, 0.25) is 5.91 Å². The molecule has 1 aliphatic heterocycles. The highest BCUT2D eigenvalue weighted by atomic mass is 16.2. The molecule has 6 nitrogen and oxygen atoms in total. The molecule has 0 bridgehead atoms. The zero-order chi connectivity index (χ0) is 16.4. The predicted molar refractivity (Wildman–Crippen MR) is 89.4 cm³/mol. The van der Waals surface area contributed by atoms with Gasteiger partial charge >= 0.3 is 0 Å². The molecule has 1 aromatic carbocycles. The van der Waals surface area contributed by atoms with Gasteiger partial charge in [0.25, 0.3) is 5.56 Å². The van der Waals surface area contributed by atoms with E-state index in [0.717, 1.165) is 37.3 Å². The monoisotopic (exact) mass is 314 g/mol. The second kappa shape index (κ2) is 6.50. The molecule has 2 aromatic rings. The third-order valence-electron chi connectivity index (χ3n) is 4.48. The lowest BCUT2D eigenvalue weighted by molar-refractivity contribution is -0.133. The summed E-state index contributed by atoms with van der Waals surface area (Å²) < 4.78 is 1.54. The van der Waals surface area contributed by atoms with Crippen LogP contribution in [0.5, 0.6) is 0 Å². The largest absolute Gasteiger partial charge is 0.340 e. The quantitative estimate of drug-likeness (QED) is 0.843. The molecule has 3 rings (SSSR count). The maximum Gasteiger partial charge on any atom is 0.261 e. The number of benzene rings is 1. The van der Waals surface area contributed by atoms with Crippen LogP contribution < -0.4 is 5.56 Å². The Morgan fingerprint density at radius 3 is 2.70 bits per heavy atom. The highest BCUT2D eigenvalue weighted by molar-refractivity contribution is 5.80. The lowest BCUT2D eigenvalue weighted by atomic mass is 10.1. The summed E-state index contributed by atoms with van der Waals surface area (Å²) in [7, 11) is 2.06. The molecule has 2 heterocycles. The van der Waals surface area contributed by atoms with E-state index in [0.29, 0.717) is 18.4 Å². The topological polar surface area (TPSA) is 58.4 Å². The molecular weight excluding hydrogens is 292 g/mol. The Balaban J connectivity index is 1.71. The van der Waals surface area contributed by atoms with E-state index in [1.54, 1.807) is 12.4 Å². The Morgan fingerprint density at radius 2 is 1.96 bits per heavy atom. The molecule has 0 spiro atoms. The van der Waals surface area contributed by atoms with Crippen LogP contribution >= 0.6 is 0 Å². The molecule has 0 atom stereocenters. The van der Waals surface area contributed by atoms with Gasteiger partial charge in [-0.2, -0.15) is 0 Å². The van der Waals surface area contributed by atoms with Crippen LogP contribution in [-0.2, 0) is 11.3 Å². The third kappa shape index (κ3) is 3.27. The molecule has 23 heavy (non-hydrogen) atoms. The van der Waals surface area contributed by atoms with Crippen LogP contribution in [0.1, 0.15) is 12.0 Å². The molecule has 0 saturated carbocycles. The van der Waals surface area contributed by atoms with Gasteiger partial charge in [-0.05, 0) is 25.6 Å². The first-order chi connectivity index (χ1) is 11.1. The van der Waals surface area contributed by atoms with Crippen LogP contribution in [0.25, 0.3) is 10.9 Å². The van der Waals surface area contributed by atoms with Crippen molar-refractivity contribution in [3.8, 4) is 0 Å². The van der Waals surface area contributed by atoms with Gasteiger partial charge in [0.15, 0.2) is 0 Å². The van der Waals surface area contributed by atoms with Gasteiger partial charge in [0.05, 0.1) is 17.2 Å². The smallest absolute Gasteiger partial charge is 0.261 e. The fourth-order valence-corrected chi connectivity index (χ4v) is 2.93. The van der Waals surface area contributed by atoms with Crippen molar-refractivity contribution >= 4 is 16.8 Å². The van der Waals surface area contributed by atoms with E-state index in [1.807, 2.05) is 24.0 Å². The fraction of sp³-hybridized carbons (Fsp3) is 0.471. The van der Waals surface area contributed by atoms with E-state index >= 15 is 0 Å². The Kier molecular flexibility index (Phi) is 4.43. The van der Waals surface area contributed by atoms with Crippen LogP contribution in [0.4, 0.5) is 0 Å². The normalized spacial score (nSPS) is 16.0. The van der Waals surface area contributed by atoms with Crippen molar-refractivity contribution in [3.05, 3.63) is 40.4 Å². The van der Waals surface area contributed by atoms with E-state index in [9.17, 15) is 9.59 Å². The van der Waals surface area contributed by atoms with Crippen molar-refractivity contribution in [1.29, 1.82) is 0 Å². The number of carbonyl (C=O) groups excluding carboxylic acids is 1. The van der Waals surface area contributed by atoms with E-state index in [-0.39, 0.29) is 11.5 Å². The van der Waals surface area contributed by atoms with Crippen LogP contribution in [0, 0.1) is 6.92 Å². The molecule has 122 valence electrons. The summed E-state index contributed by atoms with van der Waals surface area (Å²) in [5.41, 5.74) is 1.64. The van der Waals surface area contributed by atoms with Crippen molar-refractivity contribution in [2.24, 2.45) is 0 Å². The summed E-state index contributed by atoms with van der Waals surface area (Å²) >= 11 is 0. The number of hydrogen-bond donors (Lipinski definition) is 0. The van der Waals surface area contributed by atoms with E-state index in [4.69, 9.17) is 0 Å². The molecule has 1 fully saturated rings. The minimum atomic E-state index is -0.0788. The number of hydrogen-bond acceptors (Lipinski definition) is 4.